The molecule has 2 aliphatic heterocycles. The van der Waals surface area contributed by atoms with Crippen molar-refractivity contribution in [3.63, 3.8) is 0 Å². The molecule has 2 aromatic rings. The Balaban J connectivity index is 1.53. The summed E-state index contributed by atoms with van der Waals surface area (Å²) in [4.78, 5) is 0. The van der Waals surface area contributed by atoms with E-state index in [4.69, 9.17) is 14.2 Å². The minimum absolute atomic E-state index is 0.157. The summed E-state index contributed by atoms with van der Waals surface area (Å²) in [5.74, 6) is 1.76. The average Bonchev–Trinajstić information content (AvgIpc) is 3.28. The minimum atomic E-state index is -0.246. The van der Waals surface area contributed by atoms with Crippen LogP contribution in [-0.2, 0) is 11.3 Å². The first-order valence-electron chi connectivity index (χ1n) is 7.29. The van der Waals surface area contributed by atoms with Crippen LogP contribution in [0.5, 0.6) is 11.5 Å². The molecular weight excluding hydrogens is 264 g/mol. The molecule has 0 saturated carbocycles. The second-order valence-corrected chi connectivity index (χ2v) is 6.16. The molecule has 2 heterocycles. The number of hydrogen-bond acceptors (Lipinski definition) is 3. The van der Waals surface area contributed by atoms with Crippen LogP contribution in [0.15, 0.2) is 48.5 Å². The van der Waals surface area contributed by atoms with E-state index < -0.39 is 0 Å². The van der Waals surface area contributed by atoms with Gasteiger partial charge in [-0.05, 0) is 37.6 Å². The van der Waals surface area contributed by atoms with Gasteiger partial charge in [0, 0.05) is 5.56 Å². The van der Waals surface area contributed by atoms with E-state index in [1.54, 1.807) is 0 Å². The lowest BCUT2D eigenvalue weighted by molar-refractivity contribution is 0.0724. The van der Waals surface area contributed by atoms with Gasteiger partial charge in [-0.2, -0.15) is 0 Å². The normalized spacial score (nSPS) is 24.5. The molecule has 0 aliphatic carbocycles. The molecule has 0 unspecified atom stereocenters. The zero-order valence-corrected chi connectivity index (χ0v) is 12.2. The highest BCUT2D eigenvalue weighted by molar-refractivity contribution is 5.46. The number of epoxide rings is 1. The van der Waals surface area contributed by atoms with E-state index in [2.05, 4.69) is 26.0 Å². The third-order valence-electron chi connectivity index (χ3n) is 4.09. The Morgan fingerprint density at radius 1 is 1.10 bits per heavy atom. The molecule has 2 aliphatic rings. The highest BCUT2D eigenvalue weighted by Crippen LogP contribution is 2.54. The molecule has 0 spiro atoms. The van der Waals surface area contributed by atoms with Crippen molar-refractivity contribution in [3.05, 3.63) is 59.7 Å². The first kappa shape index (κ1) is 12.7. The van der Waals surface area contributed by atoms with Gasteiger partial charge in [0.25, 0.3) is 0 Å². The predicted octanol–water partition coefficient (Wildman–Crippen LogP) is 3.88. The molecule has 108 valence electrons. The zero-order chi connectivity index (χ0) is 14.4. The second-order valence-electron chi connectivity index (χ2n) is 6.16. The molecule has 3 nitrogen and oxygen atoms in total. The SMILES string of the molecule is CC1(C)Oc2ccc(OCc3ccccc3)cc2[C@@H]2O[C@@H]21. The van der Waals surface area contributed by atoms with Crippen molar-refractivity contribution in [3.8, 4) is 11.5 Å². The Labute approximate surface area is 124 Å². The Hall–Kier alpha value is -2.00. The van der Waals surface area contributed by atoms with Gasteiger partial charge in [-0.1, -0.05) is 30.3 Å². The van der Waals surface area contributed by atoms with Gasteiger partial charge in [0.15, 0.2) is 0 Å². The maximum absolute atomic E-state index is 6.01. The van der Waals surface area contributed by atoms with Gasteiger partial charge in [-0.25, -0.2) is 0 Å². The fourth-order valence-corrected chi connectivity index (χ4v) is 2.89. The van der Waals surface area contributed by atoms with Crippen LogP contribution in [0.3, 0.4) is 0 Å². The first-order valence-corrected chi connectivity index (χ1v) is 7.29. The summed E-state index contributed by atoms with van der Waals surface area (Å²) in [6.45, 7) is 4.71. The topological polar surface area (TPSA) is 31.0 Å². The van der Waals surface area contributed by atoms with E-state index >= 15 is 0 Å². The average molecular weight is 282 g/mol. The molecule has 1 saturated heterocycles. The quantitative estimate of drug-likeness (QED) is 0.801. The van der Waals surface area contributed by atoms with Crippen LogP contribution in [0.2, 0.25) is 0 Å². The van der Waals surface area contributed by atoms with Crippen molar-refractivity contribution in [1.82, 2.24) is 0 Å². The van der Waals surface area contributed by atoms with Crippen molar-refractivity contribution in [2.45, 2.75) is 38.3 Å². The van der Waals surface area contributed by atoms with Crippen molar-refractivity contribution < 1.29 is 14.2 Å². The first-order chi connectivity index (χ1) is 10.1. The smallest absolute Gasteiger partial charge is 0.132 e. The minimum Gasteiger partial charge on any atom is -0.489 e. The number of benzene rings is 2. The molecule has 0 aromatic heterocycles. The Kier molecular flexibility index (Phi) is 2.73. The number of rotatable bonds is 3. The summed E-state index contributed by atoms with van der Waals surface area (Å²) >= 11 is 0. The maximum atomic E-state index is 6.01. The summed E-state index contributed by atoms with van der Waals surface area (Å²) in [7, 11) is 0. The van der Waals surface area contributed by atoms with E-state index in [0.717, 1.165) is 22.6 Å². The summed E-state index contributed by atoms with van der Waals surface area (Å²) in [6, 6.07) is 16.1. The Morgan fingerprint density at radius 2 is 1.90 bits per heavy atom. The van der Waals surface area contributed by atoms with E-state index in [1.807, 2.05) is 36.4 Å². The van der Waals surface area contributed by atoms with Crippen LogP contribution in [0.1, 0.15) is 31.1 Å². The van der Waals surface area contributed by atoms with Crippen molar-refractivity contribution >= 4 is 0 Å². The highest BCUT2D eigenvalue weighted by Gasteiger charge is 2.56. The van der Waals surface area contributed by atoms with Crippen molar-refractivity contribution in [2.24, 2.45) is 0 Å². The third kappa shape index (κ3) is 2.28. The maximum Gasteiger partial charge on any atom is 0.132 e. The molecular formula is C18H18O3. The summed E-state index contributed by atoms with van der Waals surface area (Å²) in [5, 5.41) is 0. The largest absolute Gasteiger partial charge is 0.489 e. The summed E-state index contributed by atoms with van der Waals surface area (Å²) < 4.78 is 17.6. The second kappa shape index (κ2) is 4.50. The molecule has 2 aromatic carbocycles. The monoisotopic (exact) mass is 282 g/mol. The van der Waals surface area contributed by atoms with Gasteiger partial charge >= 0.3 is 0 Å². The molecule has 0 radical (unpaired) electrons. The Morgan fingerprint density at radius 3 is 2.71 bits per heavy atom. The number of ether oxygens (including phenoxy) is 3. The molecule has 1 fully saturated rings. The zero-order valence-electron chi connectivity index (χ0n) is 12.2. The molecule has 0 bridgehead atoms. The van der Waals surface area contributed by atoms with E-state index in [0.29, 0.717) is 6.61 Å². The van der Waals surface area contributed by atoms with Crippen LogP contribution in [0.4, 0.5) is 0 Å². The van der Waals surface area contributed by atoms with Crippen molar-refractivity contribution in [1.29, 1.82) is 0 Å². The Bertz CT molecular complexity index is 663. The van der Waals surface area contributed by atoms with Crippen LogP contribution in [0, 0.1) is 0 Å². The van der Waals surface area contributed by atoms with Gasteiger partial charge < -0.3 is 14.2 Å². The molecule has 21 heavy (non-hydrogen) atoms. The van der Waals surface area contributed by atoms with Gasteiger partial charge in [0.2, 0.25) is 0 Å². The third-order valence-corrected chi connectivity index (χ3v) is 4.09. The van der Waals surface area contributed by atoms with E-state index in [9.17, 15) is 0 Å². The predicted molar refractivity (Wildman–Crippen MR) is 79.5 cm³/mol. The number of fused-ring (bicyclic) bond motifs is 3. The lowest BCUT2D eigenvalue weighted by Gasteiger charge is -2.29. The molecule has 4 rings (SSSR count). The molecule has 0 N–H and O–H groups in total. The van der Waals surface area contributed by atoms with Crippen LogP contribution < -0.4 is 9.47 Å². The van der Waals surface area contributed by atoms with Crippen LogP contribution >= 0.6 is 0 Å². The fraction of sp³-hybridized carbons (Fsp3) is 0.333. The molecule has 3 heteroatoms. The van der Waals surface area contributed by atoms with Gasteiger partial charge in [-0.3, -0.25) is 0 Å². The fourth-order valence-electron chi connectivity index (χ4n) is 2.89. The standard InChI is InChI=1S/C18H18O3/c1-18(2)17-16(20-17)14-10-13(8-9-15(14)21-18)19-11-12-6-4-3-5-7-12/h3-10,16-17H,11H2,1-2H3/t16-,17-/m0/s1. The van der Waals surface area contributed by atoms with Crippen LogP contribution in [-0.4, -0.2) is 11.7 Å². The summed E-state index contributed by atoms with van der Waals surface area (Å²) in [5.41, 5.74) is 2.02. The lowest BCUT2D eigenvalue weighted by atomic mass is 9.94. The lowest BCUT2D eigenvalue weighted by Crippen LogP contribution is -2.37. The van der Waals surface area contributed by atoms with Crippen molar-refractivity contribution in [2.75, 3.05) is 0 Å². The summed E-state index contributed by atoms with van der Waals surface area (Å²) in [6.07, 6.45) is 0.318. The van der Waals surface area contributed by atoms with E-state index in [1.165, 1.54) is 0 Å². The van der Waals surface area contributed by atoms with E-state index in [-0.39, 0.29) is 17.8 Å². The number of hydrogen-bond donors (Lipinski definition) is 0. The van der Waals surface area contributed by atoms with Gasteiger partial charge in [0.1, 0.15) is 35.9 Å². The molecule has 0 amide bonds. The van der Waals surface area contributed by atoms with Gasteiger partial charge in [0.05, 0.1) is 0 Å². The van der Waals surface area contributed by atoms with Crippen LogP contribution in [0.25, 0.3) is 0 Å². The van der Waals surface area contributed by atoms with Gasteiger partial charge in [-0.15, -0.1) is 0 Å². The molecule has 2 atom stereocenters. The highest BCUT2D eigenvalue weighted by atomic mass is 16.6.